The second-order valence-corrected chi connectivity index (χ2v) is 6.95. The normalized spacial score (nSPS) is 14.7. The van der Waals surface area contributed by atoms with Gasteiger partial charge >= 0.3 is 0 Å². The van der Waals surface area contributed by atoms with Crippen LogP contribution < -0.4 is 15.4 Å². The molecule has 7 heteroatoms. The van der Waals surface area contributed by atoms with Crippen molar-refractivity contribution < 1.29 is 4.74 Å². The zero-order chi connectivity index (χ0) is 17.3. The minimum absolute atomic E-state index is 0. The summed E-state index contributed by atoms with van der Waals surface area (Å²) in [6.07, 6.45) is 6.89. The van der Waals surface area contributed by atoms with E-state index in [0.717, 1.165) is 36.8 Å². The van der Waals surface area contributed by atoms with Crippen LogP contribution in [0.15, 0.2) is 40.1 Å². The van der Waals surface area contributed by atoms with Crippen LogP contribution in [0.2, 0.25) is 0 Å². The van der Waals surface area contributed by atoms with Crippen LogP contribution in [0.4, 0.5) is 0 Å². The molecule has 0 spiro atoms. The molecule has 0 aromatic carbocycles. The molecule has 0 bridgehead atoms. The maximum absolute atomic E-state index is 6.11. The summed E-state index contributed by atoms with van der Waals surface area (Å²) in [5, 5.41) is 10.9. The van der Waals surface area contributed by atoms with Crippen LogP contribution in [0.25, 0.3) is 0 Å². The van der Waals surface area contributed by atoms with E-state index in [4.69, 9.17) is 4.74 Å². The second kappa shape index (κ2) is 11.4. The molecular weight excluding hydrogens is 459 g/mol. The van der Waals surface area contributed by atoms with E-state index in [-0.39, 0.29) is 24.0 Å². The van der Waals surface area contributed by atoms with Gasteiger partial charge in [0.1, 0.15) is 6.10 Å². The van der Waals surface area contributed by atoms with E-state index in [1.165, 1.54) is 18.4 Å². The van der Waals surface area contributed by atoms with Gasteiger partial charge in [0.05, 0.1) is 6.54 Å². The lowest BCUT2D eigenvalue weighted by Gasteiger charge is -2.16. The van der Waals surface area contributed by atoms with Crippen molar-refractivity contribution in [1.29, 1.82) is 0 Å². The van der Waals surface area contributed by atoms with E-state index in [1.807, 2.05) is 6.07 Å². The minimum atomic E-state index is 0. The lowest BCUT2D eigenvalue weighted by Crippen LogP contribution is -2.37. The number of thiophene rings is 1. The molecule has 0 atom stereocenters. The Hall–Kier alpha value is -1.35. The Morgan fingerprint density at radius 3 is 2.88 bits per heavy atom. The van der Waals surface area contributed by atoms with Crippen LogP contribution >= 0.6 is 35.3 Å². The summed E-state index contributed by atoms with van der Waals surface area (Å²) in [7, 11) is 0. The summed E-state index contributed by atoms with van der Waals surface area (Å²) >= 11 is 1.70. The van der Waals surface area contributed by atoms with Crippen molar-refractivity contribution in [3.8, 4) is 5.88 Å². The molecule has 2 N–H and O–H groups in total. The summed E-state index contributed by atoms with van der Waals surface area (Å²) < 4.78 is 6.11. The molecule has 0 radical (unpaired) electrons. The largest absolute Gasteiger partial charge is 0.474 e. The molecule has 1 aliphatic rings. The van der Waals surface area contributed by atoms with Gasteiger partial charge < -0.3 is 15.4 Å². The molecule has 26 heavy (non-hydrogen) atoms. The van der Waals surface area contributed by atoms with Gasteiger partial charge in [0, 0.05) is 24.8 Å². The van der Waals surface area contributed by atoms with Crippen LogP contribution in [-0.2, 0) is 13.1 Å². The number of pyridine rings is 1. The van der Waals surface area contributed by atoms with E-state index < -0.39 is 0 Å². The van der Waals surface area contributed by atoms with Crippen molar-refractivity contribution in [3.05, 3.63) is 46.3 Å². The number of nitrogens with one attached hydrogen (secondary N) is 2. The Morgan fingerprint density at radius 2 is 2.15 bits per heavy atom. The van der Waals surface area contributed by atoms with Crippen LogP contribution in [0.1, 0.15) is 43.7 Å². The first kappa shape index (κ1) is 21.0. The van der Waals surface area contributed by atoms with Gasteiger partial charge in [0.2, 0.25) is 5.88 Å². The Balaban J connectivity index is 0.00000243. The number of aliphatic imine (C=N–C) groups is 1. The van der Waals surface area contributed by atoms with Crippen LogP contribution in [0, 0.1) is 0 Å². The monoisotopic (exact) mass is 486 g/mol. The lowest BCUT2D eigenvalue weighted by molar-refractivity contribution is 0.199. The predicted molar refractivity (Wildman–Crippen MR) is 119 cm³/mol. The lowest BCUT2D eigenvalue weighted by atomic mass is 10.2. The predicted octanol–water partition coefficient (Wildman–Crippen LogP) is 4.34. The molecule has 0 aliphatic heterocycles. The zero-order valence-corrected chi connectivity index (χ0v) is 18.3. The molecule has 0 saturated heterocycles. The Kier molecular flexibility index (Phi) is 9.17. The summed E-state index contributed by atoms with van der Waals surface area (Å²) in [5.41, 5.74) is 2.30. The highest BCUT2D eigenvalue weighted by molar-refractivity contribution is 14.0. The summed E-state index contributed by atoms with van der Waals surface area (Å²) in [6.45, 7) is 4.22. The molecule has 142 valence electrons. The van der Waals surface area contributed by atoms with Gasteiger partial charge in [0.25, 0.3) is 0 Å². The summed E-state index contributed by atoms with van der Waals surface area (Å²) in [5.74, 6) is 1.56. The molecule has 0 amide bonds. The topological polar surface area (TPSA) is 58.5 Å². The third-order valence-corrected chi connectivity index (χ3v) is 4.95. The molecule has 5 nitrogen and oxygen atoms in total. The fraction of sp³-hybridized carbons (Fsp3) is 0.474. The van der Waals surface area contributed by atoms with E-state index in [9.17, 15) is 0 Å². The summed E-state index contributed by atoms with van der Waals surface area (Å²) in [6, 6.07) is 6.12. The van der Waals surface area contributed by atoms with Crippen molar-refractivity contribution in [2.45, 2.75) is 51.8 Å². The van der Waals surface area contributed by atoms with Crippen LogP contribution in [0.5, 0.6) is 5.88 Å². The highest BCUT2D eigenvalue weighted by atomic mass is 127. The first-order valence-corrected chi connectivity index (χ1v) is 9.93. The molecule has 1 saturated carbocycles. The highest BCUT2D eigenvalue weighted by Crippen LogP contribution is 2.24. The fourth-order valence-electron chi connectivity index (χ4n) is 2.90. The van der Waals surface area contributed by atoms with Gasteiger partial charge in [-0.15, -0.1) is 24.0 Å². The number of halogens is 1. The van der Waals surface area contributed by atoms with Crippen molar-refractivity contribution in [2.24, 2.45) is 4.99 Å². The molecular formula is C19H27IN4OS. The number of aromatic nitrogens is 1. The number of hydrogen-bond acceptors (Lipinski definition) is 4. The fourth-order valence-corrected chi connectivity index (χ4v) is 3.56. The number of hydrogen-bond donors (Lipinski definition) is 2. The van der Waals surface area contributed by atoms with Gasteiger partial charge in [-0.05, 0) is 61.1 Å². The third-order valence-electron chi connectivity index (χ3n) is 4.22. The number of guanidine groups is 1. The molecule has 1 fully saturated rings. The second-order valence-electron chi connectivity index (χ2n) is 6.17. The van der Waals surface area contributed by atoms with Gasteiger partial charge in [-0.2, -0.15) is 11.3 Å². The third kappa shape index (κ3) is 6.42. The molecule has 1 aliphatic carbocycles. The maximum Gasteiger partial charge on any atom is 0.218 e. The quantitative estimate of drug-likeness (QED) is 0.348. The molecule has 2 aromatic heterocycles. The molecule has 3 rings (SSSR count). The van der Waals surface area contributed by atoms with Crippen molar-refractivity contribution in [2.75, 3.05) is 6.54 Å². The first-order valence-electron chi connectivity index (χ1n) is 8.99. The van der Waals surface area contributed by atoms with E-state index >= 15 is 0 Å². The van der Waals surface area contributed by atoms with Crippen molar-refractivity contribution in [3.63, 3.8) is 0 Å². The van der Waals surface area contributed by atoms with Crippen molar-refractivity contribution in [1.82, 2.24) is 15.6 Å². The average molecular weight is 486 g/mol. The van der Waals surface area contributed by atoms with E-state index in [1.54, 1.807) is 17.5 Å². The standard InChI is InChI=1S/C19H26N4OS.HI/c1-2-20-19(22-12-15-9-11-25-14-15)23-13-16-6-5-10-21-18(16)24-17-7-3-4-8-17;/h5-6,9-11,14,17H,2-4,7-8,12-13H2,1H3,(H2,20,22,23);1H. The first-order chi connectivity index (χ1) is 12.3. The maximum atomic E-state index is 6.11. The smallest absolute Gasteiger partial charge is 0.218 e. The number of ether oxygens (including phenoxy) is 1. The SMILES string of the molecule is CCNC(=NCc1ccsc1)NCc1cccnc1OC1CCCC1.I. The summed E-state index contributed by atoms with van der Waals surface area (Å²) in [4.78, 5) is 9.08. The molecule has 0 unspecified atom stereocenters. The Morgan fingerprint density at radius 1 is 1.31 bits per heavy atom. The minimum Gasteiger partial charge on any atom is -0.474 e. The van der Waals surface area contributed by atoms with E-state index in [2.05, 4.69) is 50.4 Å². The van der Waals surface area contributed by atoms with Gasteiger partial charge in [-0.25, -0.2) is 9.98 Å². The van der Waals surface area contributed by atoms with Crippen molar-refractivity contribution >= 4 is 41.3 Å². The Labute approximate surface area is 176 Å². The van der Waals surface area contributed by atoms with Gasteiger partial charge in [0.15, 0.2) is 5.96 Å². The van der Waals surface area contributed by atoms with E-state index in [0.29, 0.717) is 19.2 Å². The number of nitrogens with zero attached hydrogens (tertiary/aromatic N) is 2. The van der Waals surface area contributed by atoms with Crippen LogP contribution in [-0.4, -0.2) is 23.6 Å². The highest BCUT2D eigenvalue weighted by Gasteiger charge is 2.18. The van der Waals surface area contributed by atoms with Crippen LogP contribution in [0.3, 0.4) is 0 Å². The Bertz CT molecular complexity index is 672. The average Bonchev–Trinajstić information content (AvgIpc) is 3.32. The molecule has 2 heterocycles. The number of rotatable bonds is 7. The van der Waals surface area contributed by atoms with Gasteiger partial charge in [-0.1, -0.05) is 6.07 Å². The van der Waals surface area contributed by atoms with Gasteiger partial charge in [-0.3, -0.25) is 0 Å². The zero-order valence-electron chi connectivity index (χ0n) is 15.1. The molecule has 2 aromatic rings.